The van der Waals surface area contributed by atoms with Crippen LogP contribution in [0.1, 0.15) is 33.6 Å². The number of hydrogen-bond acceptors (Lipinski definition) is 5. The molecule has 1 unspecified atom stereocenters. The van der Waals surface area contributed by atoms with Gasteiger partial charge in [-0.15, -0.1) is 0 Å². The van der Waals surface area contributed by atoms with Gasteiger partial charge in [0.1, 0.15) is 5.60 Å². The number of morpholine rings is 1. The Bertz CT molecular complexity index is 426. The molecule has 1 heterocycles. The van der Waals surface area contributed by atoms with Crippen molar-refractivity contribution in [3.05, 3.63) is 0 Å². The fourth-order valence-electron chi connectivity index (χ4n) is 2.93. The third kappa shape index (κ3) is 3.29. The van der Waals surface area contributed by atoms with E-state index in [0.29, 0.717) is 26.0 Å². The molecule has 1 amide bonds. The highest BCUT2D eigenvalue weighted by Crippen LogP contribution is 2.45. The lowest BCUT2D eigenvalue weighted by molar-refractivity contribution is -0.180. The van der Waals surface area contributed by atoms with E-state index in [1.807, 2.05) is 0 Å². The molecule has 120 valence electrons. The van der Waals surface area contributed by atoms with Crippen LogP contribution in [0.2, 0.25) is 0 Å². The number of nitrogens with two attached hydrogens (primary N) is 1. The number of carbonyl (C=O) groups excluding carboxylic acids is 1. The first-order chi connectivity index (χ1) is 9.64. The first-order valence-electron chi connectivity index (χ1n) is 7.22. The van der Waals surface area contributed by atoms with E-state index in [0.717, 1.165) is 0 Å². The van der Waals surface area contributed by atoms with Gasteiger partial charge in [-0.05, 0) is 33.6 Å². The molecule has 2 fully saturated rings. The summed E-state index contributed by atoms with van der Waals surface area (Å²) in [6, 6.07) is -0.110. The molecule has 2 rings (SSSR count). The normalized spacial score (nSPS) is 33.2. The van der Waals surface area contributed by atoms with Gasteiger partial charge in [-0.25, -0.2) is 4.79 Å². The zero-order valence-corrected chi connectivity index (χ0v) is 12.8. The molecule has 1 aliphatic carbocycles. The van der Waals surface area contributed by atoms with Gasteiger partial charge in [-0.3, -0.25) is 4.79 Å². The highest BCUT2D eigenvalue weighted by molar-refractivity contribution is 5.77. The predicted octanol–water partition coefficient (Wildman–Crippen LogP) is 0.814. The highest BCUT2D eigenvalue weighted by Gasteiger charge is 2.56. The summed E-state index contributed by atoms with van der Waals surface area (Å²) in [6.45, 7) is 6.35. The summed E-state index contributed by atoms with van der Waals surface area (Å²) >= 11 is 0. The molecular weight excluding hydrogens is 276 g/mol. The largest absolute Gasteiger partial charge is 0.481 e. The maximum absolute atomic E-state index is 12.1. The Morgan fingerprint density at radius 2 is 2.00 bits per heavy atom. The van der Waals surface area contributed by atoms with E-state index < -0.39 is 29.2 Å². The van der Waals surface area contributed by atoms with E-state index in [-0.39, 0.29) is 12.6 Å². The fourth-order valence-corrected chi connectivity index (χ4v) is 2.93. The third-order valence-corrected chi connectivity index (χ3v) is 4.01. The third-order valence-electron chi connectivity index (χ3n) is 4.01. The monoisotopic (exact) mass is 300 g/mol. The summed E-state index contributed by atoms with van der Waals surface area (Å²) < 4.78 is 11.0. The number of carbonyl (C=O) groups is 2. The van der Waals surface area contributed by atoms with Crippen molar-refractivity contribution in [1.82, 2.24) is 4.90 Å². The van der Waals surface area contributed by atoms with Gasteiger partial charge in [-0.1, -0.05) is 0 Å². The van der Waals surface area contributed by atoms with Crippen LogP contribution in [0, 0.1) is 5.41 Å². The summed E-state index contributed by atoms with van der Waals surface area (Å²) in [7, 11) is 0. The molecule has 7 heteroatoms. The van der Waals surface area contributed by atoms with Gasteiger partial charge >= 0.3 is 12.1 Å². The molecule has 0 spiro atoms. The van der Waals surface area contributed by atoms with E-state index in [4.69, 9.17) is 15.2 Å². The highest BCUT2D eigenvalue weighted by atomic mass is 16.6. The van der Waals surface area contributed by atoms with Crippen molar-refractivity contribution in [2.24, 2.45) is 11.1 Å². The van der Waals surface area contributed by atoms with Crippen LogP contribution in [0.3, 0.4) is 0 Å². The lowest BCUT2D eigenvalue weighted by Crippen LogP contribution is -2.63. The Morgan fingerprint density at radius 1 is 1.38 bits per heavy atom. The Kier molecular flexibility index (Phi) is 4.17. The number of rotatable bonds is 2. The van der Waals surface area contributed by atoms with E-state index in [9.17, 15) is 14.7 Å². The maximum Gasteiger partial charge on any atom is 0.410 e. The molecule has 0 aromatic rings. The van der Waals surface area contributed by atoms with Crippen molar-refractivity contribution in [3.63, 3.8) is 0 Å². The topological polar surface area (TPSA) is 102 Å². The minimum absolute atomic E-state index is 0.110. The smallest absolute Gasteiger partial charge is 0.410 e. The summed E-state index contributed by atoms with van der Waals surface area (Å²) in [5.74, 6) is -0.903. The van der Waals surface area contributed by atoms with Crippen LogP contribution < -0.4 is 5.73 Å². The standard InChI is InChI=1S/C14H24N2O5/c1-13(2,3)21-12(19)16-4-5-20-10(8-16)14(11(17)18)6-9(15)7-14/h9-10H,4-8,15H2,1-3H3,(H,17,18). The van der Waals surface area contributed by atoms with E-state index in [1.54, 1.807) is 20.8 Å². The summed E-state index contributed by atoms with van der Waals surface area (Å²) in [5, 5.41) is 9.49. The van der Waals surface area contributed by atoms with Gasteiger partial charge in [0, 0.05) is 12.6 Å². The summed E-state index contributed by atoms with van der Waals surface area (Å²) in [6.07, 6.45) is -0.194. The molecule has 0 aromatic heterocycles. The second-order valence-electron chi connectivity index (χ2n) is 6.92. The van der Waals surface area contributed by atoms with Crippen LogP contribution in [0.4, 0.5) is 4.79 Å². The second kappa shape index (κ2) is 5.46. The zero-order valence-electron chi connectivity index (χ0n) is 12.8. The molecule has 1 saturated heterocycles. The van der Waals surface area contributed by atoms with E-state index >= 15 is 0 Å². The van der Waals surface area contributed by atoms with Crippen LogP contribution in [0.5, 0.6) is 0 Å². The molecule has 21 heavy (non-hydrogen) atoms. The Morgan fingerprint density at radius 3 is 2.48 bits per heavy atom. The van der Waals surface area contributed by atoms with Crippen molar-refractivity contribution in [1.29, 1.82) is 0 Å². The molecule has 0 radical (unpaired) electrons. The van der Waals surface area contributed by atoms with Gasteiger partial charge in [0.25, 0.3) is 0 Å². The Labute approximate surface area is 124 Å². The van der Waals surface area contributed by atoms with Crippen LogP contribution in [-0.4, -0.2) is 59.5 Å². The predicted molar refractivity (Wildman–Crippen MR) is 74.8 cm³/mol. The van der Waals surface area contributed by atoms with Crippen LogP contribution in [0.15, 0.2) is 0 Å². The quantitative estimate of drug-likeness (QED) is 0.782. The van der Waals surface area contributed by atoms with E-state index in [2.05, 4.69) is 0 Å². The zero-order chi connectivity index (χ0) is 15.8. The SMILES string of the molecule is CC(C)(C)OC(=O)N1CCOC(C2(C(=O)O)CC(N)C2)C1. The first-order valence-corrected chi connectivity index (χ1v) is 7.22. The molecule has 1 aliphatic heterocycles. The van der Waals surface area contributed by atoms with Gasteiger partial charge in [0.15, 0.2) is 0 Å². The van der Waals surface area contributed by atoms with Crippen molar-refractivity contribution < 1.29 is 24.2 Å². The van der Waals surface area contributed by atoms with Crippen molar-refractivity contribution in [2.75, 3.05) is 19.7 Å². The number of hydrogen-bond donors (Lipinski definition) is 2. The number of nitrogens with zero attached hydrogens (tertiary/aromatic N) is 1. The molecule has 1 atom stereocenters. The maximum atomic E-state index is 12.1. The number of ether oxygens (including phenoxy) is 2. The van der Waals surface area contributed by atoms with Gasteiger partial charge in [0.05, 0.1) is 24.7 Å². The van der Waals surface area contributed by atoms with E-state index in [1.165, 1.54) is 4.90 Å². The molecular formula is C14H24N2O5. The number of carboxylic acid groups (broad SMARTS) is 1. The number of carboxylic acids is 1. The molecule has 3 N–H and O–H groups in total. The average molecular weight is 300 g/mol. The first kappa shape index (κ1) is 16.0. The number of amides is 1. The average Bonchev–Trinajstić information content (AvgIpc) is 2.32. The lowest BCUT2D eigenvalue weighted by atomic mass is 9.62. The lowest BCUT2D eigenvalue weighted by Gasteiger charge is -2.50. The molecule has 0 aromatic carbocycles. The summed E-state index contributed by atoms with van der Waals surface area (Å²) in [5.41, 5.74) is 4.20. The molecule has 2 aliphatic rings. The molecule has 7 nitrogen and oxygen atoms in total. The van der Waals surface area contributed by atoms with Gasteiger partial charge in [-0.2, -0.15) is 0 Å². The summed E-state index contributed by atoms with van der Waals surface area (Å²) in [4.78, 5) is 25.2. The molecule has 0 bridgehead atoms. The Hall–Kier alpha value is -1.34. The van der Waals surface area contributed by atoms with Crippen LogP contribution in [0.25, 0.3) is 0 Å². The van der Waals surface area contributed by atoms with Gasteiger partial charge in [0.2, 0.25) is 0 Å². The van der Waals surface area contributed by atoms with Crippen molar-refractivity contribution in [2.45, 2.75) is 51.4 Å². The van der Waals surface area contributed by atoms with Crippen LogP contribution >= 0.6 is 0 Å². The van der Waals surface area contributed by atoms with Gasteiger partial charge < -0.3 is 25.2 Å². The minimum atomic E-state index is -0.972. The fraction of sp³-hybridized carbons (Fsp3) is 0.857. The van der Waals surface area contributed by atoms with Crippen molar-refractivity contribution >= 4 is 12.1 Å². The second-order valence-corrected chi connectivity index (χ2v) is 6.92. The Balaban J connectivity index is 2.04. The number of aliphatic carboxylic acids is 1. The van der Waals surface area contributed by atoms with Crippen LogP contribution in [-0.2, 0) is 14.3 Å². The molecule has 1 saturated carbocycles. The van der Waals surface area contributed by atoms with Crippen molar-refractivity contribution in [3.8, 4) is 0 Å². The minimum Gasteiger partial charge on any atom is -0.481 e.